The van der Waals surface area contributed by atoms with Crippen LogP contribution >= 0.6 is 0 Å². The molecule has 1 fully saturated rings. The van der Waals surface area contributed by atoms with Gasteiger partial charge in [-0.3, -0.25) is 0 Å². The fourth-order valence-electron chi connectivity index (χ4n) is 1.83. The van der Waals surface area contributed by atoms with Gasteiger partial charge in [0.1, 0.15) is 12.7 Å². The quantitative estimate of drug-likeness (QED) is 0.654. The third kappa shape index (κ3) is 4.62. The molecule has 0 aliphatic heterocycles. The summed E-state index contributed by atoms with van der Waals surface area (Å²) in [6.45, 7) is 2.46. The standard InChI is InChI=1S/C11H20O4/c1-3-14-8-11(12)15-10-6-4-5-9(7-10)13-2/h9-10H,3-8H2,1-2H3. The molecule has 0 spiro atoms. The second kappa shape index (κ2) is 6.80. The first-order chi connectivity index (χ1) is 7.26. The van der Waals surface area contributed by atoms with Crippen molar-refractivity contribution < 1.29 is 19.0 Å². The largest absolute Gasteiger partial charge is 0.461 e. The summed E-state index contributed by atoms with van der Waals surface area (Å²) in [6.07, 6.45) is 4.13. The van der Waals surface area contributed by atoms with Crippen LogP contribution in [0.1, 0.15) is 32.6 Å². The predicted octanol–water partition coefficient (Wildman–Crippen LogP) is 1.52. The fraction of sp³-hybridized carbons (Fsp3) is 0.909. The van der Waals surface area contributed by atoms with Gasteiger partial charge < -0.3 is 14.2 Å². The van der Waals surface area contributed by atoms with Gasteiger partial charge in [-0.25, -0.2) is 4.79 Å². The van der Waals surface area contributed by atoms with E-state index in [4.69, 9.17) is 14.2 Å². The first-order valence-electron chi connectivity index (χ1n) is 5.56. The summed E-state index contributed by atoms with van der Waals surface area (Å²) in [6, 6.07) is 0. The summed E-state index contributed by atoms with van der Waals surface area (Å²) < 4.78 is 15.5. The molecule has 88 valence electrons. The minimum atomic E-state index is -0.265. The molecular weight excluding hydrogens is 196 g/mol. The molecule has 2 unspecified atom stereocenters. The van der Waals surface area contributed by atoms with Gasteiger partial charge in [0.2, 0.25) is 0 Å². The average molecular weight is 216 g/mol. The summed E-state index contributed by atoms with van der Waals surface area (Å²) >= 11 is 0. The summed E-state index contributed by atoms with van der Waals surface area (Å²) in [5.74, 6) is -0.265. The number of methoxy groups -OCH3 is 1. The third-order valence-electron chi connectivity index (χ3n) is 2.63. The summed E-state index contributed by atoms with van der Waals surface area (Å²) in [5.41, 5.74) is 0. The fourth-order valence-corrected chi connectivity index (χ4v) is 1.83. The maximum Gasteiger partial charge on any atom is 0.332 e. The van der Waals surface area contributed by atoms with E-state index in [1.54, 1.807) is 7.11 Å². The number of carbonyl (C=O) groups excluding carboxylic acids is 1. The molecule has 0 radical (unpaired) electrons. The van der Waals surface area contributed by atoms with Gasteiger partial charge in [-0.05, 0) is 26.2 Å². The lowest BCUT2D eigenvalue weighted by Crippen LogP contribution is -2.30. The molecule has 1 aliphatic rings. The van der Waals surface area contributed by atoms with Crippen LogP contribution in [-0.2, 0) is 19.0 Å². The molecule has 4 heteroatoms. The molecule has 15 heavy (non-hydrogen) atoms. The zero-order valence-electron chi connectivity index (χ0n) is 9.53. The first-order valence-corrected chi connectivity index (χ1v) is 5.56. The third-order valence-corrected chi connectivity index (χ3v) is 2.63. The zero-order chi connectivity index (χ0) is 11.1. The molecule has 0 saturated heterocycles. The predicted molar refractivity (Wildman–Crippen MR) is 55.6 cm³/mol. The van der Waals surface area contributed by atoms with E-state index < -0.39 is 0 Å². The summed E-state index contributed by atoms with van der Waals surface area (Å²) in [7, 11) is 1.70. The van der Waals surface area contributed by atoms with Crippen molar-refractivity contribution in [2.75, 3.05) is 20.3 Å². The highest BCUT2D eigenvalue weighted by Crippen LogP contribution is 2.23. The van der Waals surface area contributed by atoms with Gasteiger partial charge in [-0.1, -0.05) is 0 Å². The molecule has 0 amide bonds. The van der Waals surface area contributed by atoms with Crippen molar-refractivity contribution in [3.05, 3.63) is 0 Å². The van der Waals surface area contributed by atoms with Gasteiger partial charge in [0.25, 0.3) is 0 Å². The van der Waals surface area contributed by atoms with Crippen LogP contribution in [0.15, 0.2) is 0 Å². The Bertz CT molecular complexity index is 193. The van der Waals surface area contributed by atoms with E-state index in [1.165, 1.54) is 0 Å². The van der Waals surface area contributed by atoms with E-state index in [-0.39, 0.29) is 24.8 Å². The molecular formula is C11H20O4. The maximum atomic E-state index is 11.3. The van der Waals surface area contributed by atoms with Crippen molar-refractivity contribution in [3.8, 4) is 0 Å². The molecule has 0 N–H and O–H groups in total. The van der Waals surface area contributed by atoms with Gasteiger partial charge in [-0.2, -0.15) is 0 Å². The molecule has 0 heterocycles. The van der Waals surface area contributed by atoms with Crippen molar-refractivity contribution in [2.45, 2.75) is 44.8 Å². The van der Waals surface area contributed by atoms with Crippen molar-refractivity contribution in [1.29, 1.82) is 0 Å². The molecule has 2 atom stereocenters. The van der Waals surface area contributed by atoms with Crippen molar-refractivity contribution in [1.82, 2.24) is 0 Å². The second-order valence-electron chi connectivity index (χ2n) is 3.77. The Kier molecular flexibility index (Phi) is 5.65. The van der Waals surface area contributed by atoms with Crippen LogP contribution in [-0.4, -0.2) is 38.5 Å². The van der Waals surface area contributed by atoms with Crippen molar-refractivity contribution in [2.24, 2.45) is 0 Å². The Balaban J connectivity index is 2.22. The molecule has 0 aromatic rings. The average Bonchev–Trinajstić information content (AvgIpc) is 2.26. The van der Waals surface area contributed by atoms with Gasteiger partial charge in [-0.15, -0.1) is 0 Å². The lowest BCUT2D eigenvalue weighted by Gasteiger charge is -2.27. The van der Waals surface area contributed by atoms with Crippen LogP contribution in [0.3, 0.4) is 0 Å². The van der Waals surface area contributed by atoms with Gasteiger partial charge >= 0.3 is 5.97 Å². The summed E-state index contributed by atoms with van der Waals surface area (Å²) in [5, 5.41) is 0. The molecule has 1 aliphatic carbocycles. The Morgan fingerprint density at radius 2 is 2.07 bits per heavy atom. The number of ether oxygens (including phenoxy) is 3. The molecule has 1 saturated carbocycles. The summed E-state index contributed by atoms with van der Waals surface area (Å²) in [4.78, 5) is 11.3. The first kappa shape index (κ1) is 12.5. The highest BCUT2D eigenvalue weighted by atomic mass is 16.6. The number of rotatable bonds is 5. The normalized spacial score (nSPS) is 26.3. The van der Waals surface area contributed by atoms with Crippen LogP contribution in [0.25, 0.3) is 0 Å². The topological polar surface area (TPSA) is 44.8 Å². The van der Waals surface area contributed by atoms with E-state index in [1.807, 2.05) is 6.92 Å². The van der Waals surface area contributed by atoms with E-state index >= 15 is 0 Å². The minimum absolute atomic E-state index is 0.0108. The Labute approximate surface area is 90.9 Å². The van der Waals surface area contributed by atoms with Crippen LogP contribution in [0.2, 0.25) is 0 Å². The number of hydrogen-bond donors (Lipinski definition) is 0. The second-order valence-corrected chi connectivity index (χ2v) is 3.77. The molecule has 1 rings (SSSR count). The monoisotopic (exact) mass is 216 g/mol. The molecule has 0 aromatic heterocycles. The highest BCUT2D eigenvalue weighted by molar-refractivity contribution is 5.70. The lowest BCUT2D eigenvalue weighted by molar-refractivity contribution is -0.157. The smallest absolute Gasteiger partial charge is 0.332 e. The Morgan fingerprint density at radius 3 is 2.73 bits per heavy atom. The van der Waals surface area contributed by atoms with E-state index in [2.05, 4.69) is 0 Å². The Hall–Kier alpha value is -0.610. The van der Waals surface area contributed by atoms with Crippen molar-refractivity contribution >= 4 is 5.97 Å². The number of carbonyl (C=O) groups is 1. The SMILES string of the molecule is CCOCC(=O)OC1CCCC(OC)C1. The zero-order valence-corrected chi connectivity index (χ0v) is 9.53. The van der Waals surface area contributed by atoms with Gasteiger partial charge in [0.15, 0.2) is 0 Å². The molecule has 4 nitrogen and oxygen atoms in total. The van der Waals surface area contributed by atoms with Gasteiger partial charge in [0.05, 0.1) is 6.10 Å². The lowest BCUT2D eigenvalue weighted by atomic mass is 9.95. The Morgan fingerprint density at radius 1 is 1.33 bits per heavy atom. The number of esters is 1. The van der Waals surface area contributed by atoms with Crippen LogP contribution in [0, 0.1) is 0 Å². The minimum Gasteiger partial charge on any atom is -0.461 e. The van der Waals surface area contributed by atoms with Crippen molar-refractivity contribution in [3.63, 3.8) is 0 Å². The molecule has 0 aromatic carbocycles. The van der Waals surface area contributed by atoms with E-state index in [9.17, 15) is 4.79 Å². The van der Waals surface area contributed by atoms with Crippen LogP contribution in [0.5, 0.6) is 0 Å². The van der Waals surface area contributed by atoms with E-state index in [0.29, 0.717) is 6.61 Å². The van der Waals surface area contributed by atoms with E-state index in [0.717, 1.165) is 25.7 Å². The van der Waals surface area contributed by atoms with Crippen LogP contribution < -0.4 is 0 Å². The maximum absolute atomic E-state index is 11.3. The van der Waals surface area contributed by atoms with Gasteiger partial charge in [0, 0.05) is 20.1 Å². The molecule has 0 bridgehead atoms. The van der Waals surface area contributed by atoms with Crippen LogP contribution in [0.4, 0.5) is 0 Å². The highest BCUT2D eigenvalue weighted by Gasteiger charge is 2.24. The number of hydrogen-bond acceptors (Lipinski definition) is 4.